The maximum absolute atomic E-state index is 12.1. The lowest BCUT2D eigenvalue weighted by Gasteiger charge is -2.08. The molecule has 31 heavy (non-hydrogen) atoms. The van der Waals surface area contributed by atoms with Crippen LogP contribution in [0.15, 0.2) is 70.4 Å². The van der Waals surface area contributed by atoms with E-state index >= 15 is 0 Å². The Hall–Kier alpha value is -3.91. The number of nitrogens with zero attached hydrogens (tertiary/aromatic N) is 3. The van der Waals surface area contributed by atoms with E-state index < -0.39 is 5.91 Å². The van der Waals surface area contributed by atoms with Crippen LogP contribution in [-0.4, -0.2) is 36.0 Å². The minimum atomic E-state index is -0.435. The van der Waals surface area contributed by atoms with Crippen molar-refractivity contribution in [2.24, 2.45) is 5.10 Å². The lowest BCUT2D eigenvalue weighted by atomic mass is 10.1. The highest BCUT2D eigenvalue weighted by Gasteiger charge is 2.11. The number of aromatic nitrogens is 2. The summed E-state index contributed by atoms with van der Waals surface area (Å²) in [7, 11) is 1.59. The molecule has 1 N–H and O–H groups in total. The molecule has 8 nitrogen and oxygen atoms in total. The lowest BCUT2D eigenvalue weighted by Crippen LogP contribution is -2.24. The molecule has 4 aromatic rings. The number of hydrogen-bond donors (Lipinski definition) is 1. The molecule has 1 amide bonds. The predicted molar refractivity (Wildman–Crippen MR) is 116 cm³/mol. The Morgan fingerprint density at radius 3 is 2.90 bits per heavy atom. The minimum absolute atomic E-state index is 0.233. The van der Waals surface area contributed by atoms with Gasteiger partial charge in [-0.15, -0.1) is 0 Å². The number of carbonyl (C=O) groups is 1. The molecule has 0 aliphatic carbocycles. The number of hydrazone groups is 1. The highest BCUT2D eigenvalue weighted by Crippen LogP contribution is 2.29. The summed E-state index contributed by atoms with van der Waals surface area (Å²) in [5, 5.41) is 8.74. The van der Waals surface area contributed by atoms with Gasteiger partial charge in [0.25, 0.3) is 5.91 Å². The predicted octanol–water partition coefficient (Wildman–Crippen LogP) is 4.08. The van der Waals surface area contributed by atoms with Crippen molar-refractivity contribution in [1.82, 2.24) is 15.6 Å². The molecule has 0 bridgehead atoms. The Kier molecular flexibility index (Phi) is 6.09. The number of methoxy groups -OCH3 is 1. The average Bonchev–Trinajstić information content (AvgIpc) is 3.33. The molecular formula is C22H17ClN4O4. The molecule has 0 atom stereocenters. The highest BCUT2D eigenvalue weighted by molar-refractivity contribution is 6.32. The van der Waals surface area contributed by atoms with E-state index in [-0.39, 0.29) is 11.8 Å². The molecule has 0 fully saturated rings. The van der Waals surface area contributed by atoms with Crippen molar-refractivity contribution < 1.29 is 18.8 Å². The molecule has 0 unspecified atom stereocenters. The molecule has 0 aliphatic heterocycles. The van der Waals surface area contributed by atoms with E-state index in [9.17, 15) is 4.79 Å². The number of ether oxygens (including phenoxy) is 2. The third kappa shape index (κ3) is 4.81. The zero-order valence-electron chi connectivity index (χ0n) is 16.4. The quantitative estimate of drug-likeness (QED) is 0.266. The number of carbonyl (C=O) groups excluding carboxylic acids is 1. The van der Waals surface area contributed by atoms with Crippen LogP contribution < -0.4 is 14.9 Å². The number of halogens is 1. The number of benzene rings is 2. The molecular weight excluding hydrogens is 420 g/mol. The Balaban J connectivity index is 1.40. The van der Waals surface area contributed by atoms with Crippen LogP contribution in [0.3, 0.4) is 0 Å². The van der Waals surface area contributed by atoms with Crippen LogP contribution in [0, 0.1) is 0 Å². The normalized spacial score (nSPS) is 11.0. The number of rotatable bonds is 7. The number of fused-ring (bicyclic) bond motifs is 1. The summed E-state index contributed by atoms with van der Waals surface area (Å²) in [5.74, 6) is 1.31. The molecule has 0 saturated carbocycles. The number of hydrogen-bond acceptors (Lipinski definition) is 7. The van der Waals surface area contributed by atoms with E-state index in [1.807, 2.05) is 30.3 Å². The van der Waals surface area contributed by atoms with Gasteiger partial charge in [0.1, 0.15) is 16.7 Å². The highest BCUT2D eigenvalue weighted by atomic mass is 35.5. The van der Waals surface area contributed by atoms with E-state index in [0.717, 1.165) is 10.9 Å². The fourth-order valence-corrected chi connectivity index (χ4v) is 3.06. The number of pyridine rings is 1. The summed E-state index contributed by atoms with van der Waals surface area (Å²) in [6.07, 6.45) is 2.96. The maximum atomic E-state index is 12.1. The summed E-state index contributed by atoms with van der Waals surface area (Å²) < 4.78 is 16.0. The van der Waals surface area contributed by atoms with Crippen molar-refractivity contribution in [2.45, 2.75) is 0 Å². The number of nitrogens with one attached hydrogen (secondary N) is 1. The second-order valence-electron chi connectivity index (χ2n) is 6.38. The van der Waals surface area contributed by atoms with E-state index in [4.69, 9.17) is 25.6 Å². The standard InChI is InChI=1S/C22H17ClN4O4/c1-29-16-6-7-18-14(11-16)10-15(22(23)26-18)12-24-27-21(28)13-30-19-5-3-2-4-17(19)20-8-9-25-31-20/h2-12H,13H2,1H3,(H,27,28)/b24-12+. The van der Waals surface area contributed by atoms with E-state index in [0.29, 0.717) is 28.4 Å². The summed E-state index contributed by atoms with van der Waals surface area (Å²) >= 11 is 6.21. The second-order valence-corrected chi connectivity index (χ2v) is 6.74. The van der Waals surface area contributed by atoms with Crippen molar-refractivity contribution in [1.29, 1.82) is 0 Å². The van der Waals surface area contributed by atoms with Gasteiger partial charge in [0, 0.05) is 17.0 Å². The van der Waals surface area contributed by atoms with Gasteiger partial charge in [-0.25, -0.2) is 10.4 Å². The van der Waals surface area contributed by atoms with Gasteiger partial charge in [0.05, 0.1) is 30.6 Å². The smallest absolute Gasteiger partial charge is 0.277 e. The maximum Gasteiger partial charge on any atom is 0.277 e. The third-order valence-electron chi connectivity index (χ3n) is 4.34. The second kappa shape index (κ2) is 9.27. The average molecular weight is 437 g/mol. The molecule has 2 aromatic heterocycles. The van der Waals surface area contributed by atoms with Crippen LogP contribution in [0.1, 0.15) is 5.56 Å². The van der Waals surface area contributed by atoms with Crippen molar-refractivity contribution in [3.05, 3.63) is 71.5 Å². The first-order valence-electron chi connectivity index (χ1n) is 9.23. The summed E-state index contributed by atoms with van der Waals surface area (Å²) in [6.45, 7) is -0.233. The third-order valence-corrected chi connectivity index (χ3v) is 4.65. The SMILES string of the molecule is COc1ccc2nc(Cl)c(/C=N/NC(=O)COc3ccccc3-c3ccno3)cc2c1. The van der Waals surface area contributed by atoms with Gasteiger partial charge in [0.2, 0.25) is 0 Å². The molecule has 2 aromatic carbocycles. The van der Waals surface area contributed by atoms with Crippen LogP contribution in [0.4, 0.5) is 0 Å². The van der Waals surface area contributed by atoms with Gasteiger partial charge in [-0.3, -0.25) is 4.79 Å². The van der Waals surface area contributed by atoms with Gasteiger partial charge in [-0.1, -0.05) is 28.9 Å². The molecule has 0 spiro atoms. The molecule has 0 aliphatic rings. The molecule has 0 saturated heterocycles. The first-order valence-corrected chi connectivity index (χ1v) is 9.61. The fourth-order valence-electron chi connectivity index (χ4n) is 2.87. The van der Waals surface area contributed by atoms with E-state index in [1.165, 1.54) is 12.4 Å². The van der Waals surface area contributed by atoms with Crippen LogP contribution >= 0.6 is 11.6 Å². The summed E-state index contributed by atoms with van der Waals surface area (Å²) in [4.78, 5) is 16.5. The molecule has 156 valence electrons. The van der Waals surface area contributed by atoms with Gasteiger partial charge in [-0.05, 0) is 36.4 Å². The van der Waals surface area contributed by atoms with Crippen LogP contribution in [0.25, 0.3) is 22.2 Å². The molecule has 9 heteroatoms. The van der Waals surface area contributed by atoms with Crippen LogP contribution in [-0.2, 0) is 4.79 Å². The van der Waals surface area contributed by atoms with E-state index in [2.05, 4.69) is 20.7 Å². The number of amides is 1. The summed E-state index contributed by atoms with van der Waals surface area (Å²) in [5.41, 5.74) is 4.39. The Labute approximate surface area is 182 Å². The van der Waals surface area contributed by atoms with Crippen molar-refractivity contribution >= 4 is 34.6 Å². The van der Waals surface area contributed by atoms with Gasteiger partial charge >= 0.3 is 0 Å². The number of para-hydroxylation sites is 1. The fraction of sp³-hybridized carbons (Fsp3) is 0.0909. The van der Waals surface area contributed by atoms with Gasteiger partial charge in [0.15, 0.2) is 12.4 Å². The Bertz CT molecular complexity index is 1240. The van der Waals surface area contributed by atoms with Crippen molar-refractivity contribution in [3.63, 3.8) is 0 Å². The largest absolute Gasteiger partial charge is 0.497 e. The van der Waals surface area contributed by atoms with E-state index in [1.54, 1.807) is 31.4 Å². The zero-order chi connectivity index (χ0) is 21.6. The Morgan fingerprint density at radius 2 is 2.10 bits per heavy atom. The van der Waals surface area contributed by atoms with Crippen molar-refractivity contribution in [2.75, 3.05) is 13.7 Å². The minimum Gasteiger partial charge on any atom is -0.497 e. The van der Waals surface area contributed by atoms with Gasteiger partial charge < -0.3 is 14.0 Å². The van der Waals surface area contributed by atoms with Crippen LogP contribution in [0.5, 0.6) is 11.5 Å². The van der Waals surface area contributed by atoms with Gasteiger partial charge in [-0.2, -0.15) is 5.10 Å². The lowest BCUT2D eigenvalue weighted by molar-refractivity contribution is -0.123. The molecule has 4 rings (SSSR count). The first kappa shape index (κ1) is 20.4. The topological polar surface area (TPSA) is 98.8 Å². The summed E-state index contributed by atoms with van der Waals surface area (Å²) in [6, 6.07) is 16.2. The van der Waals surface area contributed by atoms with Crippen molar-refractivity contribution in [3.8, 4) is 22.8 Å². The monoisotopic (exact) mass is 436 g/mol. The van der Waals surface area contributed by atoms with Crippen LogP contribution in [0.2, 0.25) is 5.15 Å². The first-order chi connectivity index (χ1) is 15.1. The molecule has 2 heterocycles. The Morgan fingerprint density at radius 1 is 1.23 bits per heavy atom. The molecule has 0 radical (unpaired) electrons. The zero-order valence-corrected chi connectivity index (χ0v) is 17.2.